The Balaban J connectivity index is 2.07. The first kappa shape index (κ1) is 14.5. The zero-order chi connectivity index (χ0) is 15.7. The lowest BCUT2D eigenvalue weighted by atomic mass is 9.97. The van der Waals surface area contributed by atoms with Crippen LogP contribution in [0.5, 0.6) is 5.75 Å². The van der Waals surface area contributed by atoms with Crippen LogP contribution < -0.4 is 0 Å². The fourth-order valence-corrected chi connectivity index (χ4v) is 2.92. The van der Waals surface area contributed by atoms with Gasteiger partial charge in [0.15, 0.2) is 0 Å². The molecule has 0 spiro atoms. The smallest absolute Gasteiger partial charge is 0.339 e. The number of aromatic hydroxyl groups is 1. The summed E-state index contributed by atoms with van der Waals surface area (Å²) < 4.78 is 16.6. The highest BCUT2D eigenvalue weighted by molar-refractivity contribution is 7.84. The van der Waals surface area contributed by atoms with E-state index < -0.39 is 10.8 Å². The molecule has 1 N–H and O–H groups in total. The molecule has 2 aromatic rings. The standard InChI is InChI=1S/C17H14O4S/c1-22(20)14-8-4-12(5-9-14)16-15(10-21-17(16)19)11-2-6-13(18)7-3-11/h2-9,18H,10H2,1H3. The summed E-state index contributed by atoms with van der Waals surface area (Å²) in [6.45, 7) is 0.209. The Labute approximate surface area is 130 Å². The Morgan fingerprint density at radius 3 is 2.18 bits per heavy atom. The highest BCUT2D eigenvalue weighted by Gasteiger charge is 2.27. The summed E-state index contributed by atoms with van der Waals surface area (Å²) in [5.74, 6) is -0.195. The first-order valence-corrected chi connectivity index (χ1v) is 8.25. The van der Waals surface area contributed by atoms with Crippen LogP contribution in [0.3, 0.4) is 0 Å². The van der Waals surface area contributed by atoms with E-state index in [9.17, 15) is 14.1 Å². The van der Waals surface area contributed by atoms with E-state index in [1.807, 2.05) is 0 Å². The number of ether oxygens (including phenoxy) is 1. The van der Waals surface area contributed by atoms with Gasteiger partial charge in [-0.1, -0.05) is 24.3 Å². The highest BCUT2D eigenvalue weighted by atomic mass is 32.2. The molecule has 0 aromatic heterocycles. The van der Waals surface area contributed by atoms with Crippen molar-refractivity contribution in [1.82, 2.24) is 0 Å². The first-order valence-electron chi connectivity index (χ1n) is 6.70. The van der Waals surface area contributed by atoms with Gasteiger partial charge in [-0.3, -0.25) is 4.21 Å². The van der Waals surface area contributed by atoms with Crippen molar-refractivity contribution in [2.45, 2.75) is 4.90 Å². The van der Waals surface area contributed by atoms with Gasteiger partial charge in [-0.05, 0) is 35.4 Å². The van der Waals surface area contributed by atoms with Crippen molar-refractivity contribution in [3.05, 3.63) is 59.7 Å². The zero-order valence-electron chi connectivity index (χ0n) is 11.9. The number of benzene rings is 2. The maximum Gasteiger partial charge on any atom is 0.339 e. The summed E-state index contributed by atoms with van der Waals surface area (Å²) in [6, 6.07) is 13.7. The molecule has 2 aromatic carbocycles. The van der Waals surface area contributed by atoms with E-state index in [0.29, 0.717) is 10.5 Å². The predicted octanol–water partition coefficient (Wildman–Crippen LogP) is 2.60. The summed E-state index contributed by atoms with van der Waals surface area (Å²) >= 11 is 0. The summed E-state index contributed by atoms with van der Waals surface area (Å²) in [5.41, 5.74) is 2.87. The van der Waals surface area contributed by atoms with Gasteiger partial charge in [0.25, 0.3) is 0 Å². The number of carbonyl (C=O) groups is 1. The third-order valence-electron chi connectivity index (χ3n) is 3.54. The zero-order valence-corrected chi connectivity index (χ0v) is 12.7. The second-order valence-corrected chi connectivity index (χ2v) is 6.33. The summed E-state index contributed by atoms with van der Waals surface area (Å²) in [7, 11) is -1.05. The number of hydrogen-bond acceptors (Lipinski definition) is 4. The third-order valence-corrected chi connectivity index (χ3v) is 4.48. The van der Waals surface area contributed by atoms with Crippen molar-refractivity contribution in [2.75, 3.05) is 12.9 Å². The molecule has 112 valence electrons. The Morgan fingerprint density at radius 1 is 1.00 bits per heavy atom. The molecule has 0 saturated heterocycles. The molecule has 0 bridgehead atoms. The molecule has 0 fully saturated rings. The van der Waals surface area contributed by atoms with Gasteiger partial charge in [-0.25, -0.2) is 4.79 Å². The second-order valence-electron chi connectivity index (χ2n) is 4.96. The maximum atomic E-state index is 12.1. The molecule has 5 heteroatoms. The topological polar surface area (TPSA) is 63.6 Å². The first-order chi connectivity index (χ1) is 10.6. The quantitative estimate of drug-likeness (QED) is 0.885. The van der Waals surface area contributed by atoms with E-state index in [0.717, 1.165) is 16.7 Å². The fraction of sp³-hybridized carbons (Fsp3) is 0.118. The third kappa shape index (κ3) is 2.67. The monoisotopic (exact) mass is 314 g/mol. The van der Waals surface area contributed by atoms with Gasteiger partial charge in [0.05, 0.1) is 5.57 Å². The number of rotatable bonds is 3. The van der Waals surface area contributed by atoms with Crippen LogP contribution in [0.2, 0.25) is 0 Å². The van der Waals surface area contributed by atoms with Gasteiger partial charge in [-0.2, -0.15) is 0 Å². The van der Waals surface area contributed by atoms with Crippen LogP contribution in [-0.2, 0) is 20.3 Å². The molecular formula is C17H14O4S. The largest absolute Gasteiger partial charge is 0.508 e. The van der Waals surface area contributed by atoms with Crippen molar-refractivity contribution in [1.29, 1.82) is 0 Å². The van der Waals surface area contributed by atoms with Crippen molar-refractivity contribution < 1.29 is 18.8 Å². The number of cyclic esters (lactones) is 1. The molecule has 0 saturated carbocycles. The van der Waals surface area contributed by atoms with E-state index in [-0.39, 0.29) is 18.3 Å². The van der Waals surface area contributed by atoms with Crippen LogP contribution >= 0.6 is 0 Å². The predicted molar refractivity (Wildman–Crippen MR) is 84.7 cm³/mol. The van der Waals surface area contributed by atoms with Gasteiger partial charge >= 0.3 is 5.97 Å². The van der Waals surface area contributed by atoms with Crippen LogP contribution in [0.25, 0.3) is 11.1 Å². The lowest BCUT2D eigenvalue weighted by Gasteiger charge is -2.05. The normalized spacial score (nSPS) is 15.8. The molecule has 4 nitrogen and oxygen atoms in total. The summed E-state index contributed by atoms with van der Waals surface area (Å²) in [6.07, 6.45) is 1.61. The van der Waals surface area contributed by atoms with Crippen molar-refractivity contribution in [3.8, 4) is 5.75 Å². The van der Waals surface area contributed by atoms with E-state index in [1.54, 1.807) is 54.8 Å². The number of esters is 1. The summed E-state index contributed by atoms with van der Waals surface area (Å²) in [5, 5.41) is 9.37. The van der Waals surface area contributed by atoms with E-state index in [4.69, 9.17) is 4.74 Å². The van der Waals surface area contributed by atoms with E-state index in [1.165, 1.54) is 0 Å². The minimum atomic E-state index is -1.05. The molecule has 1 aliphatic heterocycles. The van der Waals surface area contributed by atoms with Gasteiger partial charge in [-0.15, -0.1) is 0 Å². The maximum absolute atomic E-state index is 12.1. The van der Waals surface area contributed by atoms with Gasteiger partial charge < -0.3 is 9.84 Å². The minimum absolute atomic E-state index is 0.172. The molecule has 3 rings (SSSR count). The molecule has 0 aliphatic carbocycles. The Kier molecular flexibility index (Phi) is 3.81. The van der Waals surface area contributed by atoms with Crippen LogP contribution in [0, 0.1) is 0 Å². The fourth-order valence-electron chi connectivity index (χ4n) is 2.40. The van der Waals surface area contributed by atoms with Crippen molar-refractivity contribution in [2.24, 2.45) is 0 Å². The average molecular weight is 314 g/mol. The van der Waals surface area contributed by atoms with Crippen LogP contribution in [-0.4, -0.2) is 28.1 Å². The van der Waals surface area contributed by atoms with Crippen molar-refractivity contribution >= 4 is 27.9 Å². The number of carbonyl (C=O) groups excluding carboxylic acids is 1. The minimum Gasteiger partial charge on any atom is -0.508 e. The molecule has 22 heavy (non-hydrogen) atoms. The molecule has 1 heterocycles. The van der Waals surface area contributed by atoms with Gasteiger partial charge in [0, 0.05) is 27.5 Å². The van der Waals surface area contributed by atoms with Crippen LogP contribution in [0.15, 0.2) is 53.4 Å². The average Bonchev–Trinajstić information content (AvgIpc) is 2.90. The van der Waals surface area contributed by atoms with Crippen LogP contribution in [0.1, 0.15) is 11.1 Å². The molecule has 0 amide bonds. The summed E-state index contributed by atoms with van der Waals surface area (Å²) in [4.78, 5) is 12.8. The lowest BCUT2D eigenvalue weighted by Crippen LogP contribution is -1.99. The van der Waals surface area contributed by atoms with Gasteiger partial charge in [0.2, 0.25) is 0 Å². The Hall–Kier alpha value is -2.40. The number of phenols is 1. The van der Waals surface area contributed by atoms with E-state index in [2.05, 4.69) is 0 Å². The molecular weight excluding hydrogens is 300 g/mol. The second kappa shape index (κ2) is 5.77. The van der Waals surface area contributed by atoms with Crippen LogP contribution in [0.4, 0.5) is 0 Å². The number of phenolic OH excluding ortho intramolecular Hbond substituents is 1. The molecule has 1 unspecified atom stereocenters. The van der Waals surface area contributed by atoms with Crippen molar-refractivity contribution in [3.63, 3.8) is 0 Å². The van der Waals surface area contributed by atoms with E-state index >= 15 is 0 Å². The number of hydrogen-bond donors (Lipinski definition) is 1. The highest BCUT2D eigenvalue weighted by Crippen LogP contribution is 2.33. The molecule has 1 atom stereocenters. The lowest BCUT2D eigenvalue weighted by molar-refractivity contribution is -0.133. The van der Waals surface area contributed by atoms with Gasteiger partial charge in [0.1, 0.15) is 12.4 Å². The molecule has 1 aliphatic rings. The Morgan fingerprint density at radius 2 is 1.59 bits per heavy atom. The Bertz CT molecular complexity index is 773. The molecule has 0 radical (unpaired) electrons. The SMILES string of the molecule is CS(=O)c1ccc(C2=C(c3ccc(O)cc3)COC2=O)cc1.